The van der Waals surface area contributed by atoms with Gasteiger partial charge in [-0.15, -0.1) is 0 Å². The van der Waals surface area contributed by atoms with Crippen LogP contribution in [0.4, 0.5) is 4.79 Å². The number of amides is 2. The van der Waals surface area contributed by atoms with Crippen LogP contribution in [0.2, 0.25) is 0 Å². The van der Waals surface area contributed by atoms with Gasteiger partial charge in [-0.2, -0.15) is 8.62 Å². The number of carbonyl (C=O) groups is 1. The van der Waals surface area contributed by atoms with Crippen LogP contribution in [0.3, 0.4) is 0 Å². The number of thiocarbonyl (C=S) groups is 1. The smallest absolute Gasteiger partial charge is 0.387 e. The summed E-state index contributed by atoms with van der Waals surface area (Å²) in [5, 5.41) is 22.4. The Bertz CT molecular complexity index is 803. The van der Waals surface area contributed by atoms with Crippen molar-refractivity contribution in [3.63, 3.8) is 0 Å². The van der Waals surface area contributed by atoms with E-state index in [1.807, 2.05) is 0 Å². The second-order valence-corrected chi connectivity index (χ2v) is 10.6. The second kappa shape index (κ2) is 9.02. The lowest BCUT2D eigenvalue weighted by atomic mass is 10.1. The average Bonchev–Trinajstić information content (AvgIpc) is 2.78. The van der Waals surface area contributed by atoms with E-state index < -0.39 is 60.6 Å². The second-order valence-electron chi connectivity index (χ2n) is 5.73. The maximum atomic E-state index is 11.9. The van der Waals surface area contributed by atoms with Gasteiger partial charge in [0.2, 0.25) is 0 Å². The molecule has 2 rings (SSSR count). The van der Waals surface area contributed by atoms with Crippen LogP contribution >= 0.6 is 35.7 Å². The Morgan fingerprint density at radius 3 is 2.28 bits per heavy atom. The molecule has 2 aliphatic heterocycles. The Kier molecular flexibility index (Phi) is 7.75. The standard InChI is InChI=1S/C9H17N2O14P3S/c12-6-4(3-22-27(18,19)25-28(20,21)24-26(15,16)17)23-8(7(6)13)11-2-1-5(29)10-9(11)14/h4,6-8,12-13H,1-3H2,(H,18,19)(H,20,21)(H,10,14,29)(H2,15,16,17)/t4-,6?,7+,8-/m1/s1. The third kappa shape index (κ3) is 7.09. The molecule has 29 heavy (non-hydrogen) atoms. The molecule has 7 N–H and O–H groups in total. The fraction of sp³-hybridized carbons (Fsp3) is 0.778. The summed E-state index contributed by atoms with van der Waals surface area (Å²) in [6.45, 7) is -0.923. The Hall–Kier alpha value is -0.350. The van der Waals surface area contributed by atoms with E-state index in [4.69, 9.17) is 31.6 Å². The molecule has 2 fully saturated rings. The van der Waals surface area contributed by atoms with Gasteiger partial charge in [0.05, 0.1) is 11.6 Å². The quantitative estimate of drug-likeness (QED) is 0.148. The molecule has 2 heterocycles. The Balaban J connectivity index is 1.97. The van der Waals surface area contributed by atoms with Crippen LogP contribution in [0.25, 0.3) is 0 Å². The highest BCUT2D eigenvalue weighted by molar-refractivity contribution is 7.80. The zero-order valence-corrected chi connectivity index (χ0v) is 17.6. The number of aliphatic hydroxyl groups excluding tert-OH is 2. The molecule has 2 saturated heterocycles. The van der Waals surface area contributed by atoms with Crippen LogP contribution in [0, 0.1) is 0 Å². The number of nitrogens with one attached hydrogen (secondary N) is 1. The summed E-state index contributed by atoms with van der Waals surface area (Å²) in [4.78, 5) is 48.6. The van der Waals surface area contributed by atoms with Gasteiger partial charge in [0.1, 0.15) is 18.3 Å². The van der Waals surface area contributed by atoms with E-state index in [2.05, 4.69) is 18.5 Å². The lowest BCUT2D eigenvalue weighted by Gasteiger charge is -2.33. The van der Waals surface area contributed by atoms with E-state index in [1.54, 1.807) is 0 Å². The van der Waals surface area contributed by atoms with Crippen molar-refractivity contribution in [2.45, 2.75) is 31.0 Å². The minimum Gasteiger partial charge on any atom is -0.387 e. The SMILES string of the molecule is O=C1NC(=S)CCN1[C@@H]1O[C@H](COP(=O)(O)OP(=O)(O)OP(=O)(O)O)C(O)[C@@H]1O. The molecule has 0 spiro atoms. The van der Waals surface area contributed by atoms with Crippen LogP contribution in [0.1, 0.15) is 6.42 Å². The summed E-state index contributed by atoms with van der Waals surface area (Å²) in [6.07, 6.45) is -5.92. The van der Waals surface area contributed by atoms with Crippen molar-refractivity contribution in [3.8, 4) is 0 Å². The fourth-order valence-electron chi connectivity index (χ4n) is 2.42. The molecule has 168 valence electrons. The molecule has 2 amide bonds. The average molecular weight is 502 g/mol. The van der Waals surface area contributed by atoms with E-state index in [-0.39, 0.29) is 18.0 Å². The van der Waals surface area contributed by atoms with Crippen molar-refractivity contribution >= 4 is 46.7 Å². The van der Waals surface area contributed by atoms with Crippen molar-refractivity contribution in [2.24, 2.45) is 0 Å². The normalized spacial score (nSPS) is 32.6. The molecule has 3 unspecified atom stereocenters. The summed E-state index contributed by atoms with van der Waals surface area (Å²) in [5.41, 5.74) is 0. The van der Waals surface area contributed by atoms with Gasteiger partial charge in [-0.3, -0.25) is 9.42 Å². The number of phosphoric ester groups is 1. The summed E-state index contributed by atoms with van der Waals surface area (Å²) < 4.78 is 50.2. The lowest BCUT2D eigenvalue weighted by molar-refractivity contribution is -0.0784. The number of hydrogen-bond donors (Lipinski definition) is 7. The van der Waals surface area contributed by atoms with Crippen LogP contribution in [-0.2, 0) is 31.6 Å². The van der Waals surface area contributed by atoms with Gasteiger partial charge >= 0.3 is 29.5 Å². The highest BCUT2D eigenvalue weighted by atomic mass is 32.1. The van der Waals surface area contributed by atoms with Crippen molar-refractivity contribution < 1.29 is 66.2 Å². The van der Waals surface area contributed by atoms with Crippen LogP contribution in [-0.4, -0.2) is 83.4 Å². The van der Waals surface area contributed by atoms with Gasteiger partial charge in [-0.1, -0.05) is 12.2 Å². The molecule has 0 saturated carbocycles. The number of ether oxygens (including phenoxy) is 1. The minimum atomic E-state index is -5.70. The van der Waals surface area contributed by atoms with Crippen molar-refractivity contribution in [1.82, 2.24) is 10.2 Å². The molecule has 0 aromatic heterocycles. The van der Waals surface area contributed by atoms with Gasteiger partial charge in [-0.05, 0) is 0 Å². The van der Waals surface area contributed by atoms with Crippen molar-refractivity contribution in [3.05, 3.63) is 0 Å². The first-order valence-corrected chi connectivity index (χ1v) is 12.4. The van der Waals surface area contributed by atoms with Crippen molar-refractivity contribution in [2.75, 3.05) is 13.2 Å². The molecule has 0 aromatic rings. The largest absolute Gasteiger partial charge is 0.490 e. The van der Waals surface area contributed by atoms with Gasteiger partial charge in [0, 0.05) is 13.0 Å². The van der Waals surface area contributed by atoms with Crippen LogP contribution in [0.5, 0.6) is 0 Å². The molecule has 20 heteroatoms. The lowest BCUT2D eigenvalue weighted by Crippen LogP contribution is -2.56. The van der Waals surface area contributed by atoms with Gasteiger partial charge in [0.25, 0.3) is 0 Å². The zero-order valence-electron chi connectivity index (χ0n) is 14.1. The Labute approximate surface area is 167 Å². The number of hydrogen-bond acceptors (Lipinski definition) is 11. The number of carbonyl (C=O) groups excluding carboxylic acids is 1. The molecule has 0 aliphatic carbocycles. The molecular weight excluding hydrogens is 485 g/mol. The predicted octanol–water partition coefficient (Wildman–Crippen LogP) is -1.48. The minimum absolute atomic E-state index is 0.0572. The monoisotopic (exact) mass is 502 g/mol. The summed E-state index contributed by atoms with van der Waals surface area (Å²) in [6, 6.07) is -0.703. The molecule has 16 nitrogen and oxygen atoms in total. The van der Waals surface area contributed by atoms with E-state index in [1.165, 1.54) is 0 Å². The highest BCUT2D eigenvalue weighted by Crippen LogP contribution is 2.66. The van der Waals surface area contributed by atoms with Gasteiger partial charge < -0.3 is 39.8 Å². The van der Waals surface area contributed by atoms with E-state index >= 15 is 0 Å². The number of rotatable bonds is 8. The molecule has 0 radical (unpaired) electrons. The number of nitrogens with zero attached hydrogens (tertiary/aromatic N) is 1. The number of phosphoric acid groups is 3. The number of urea groups is 1. The van der Waals surface area contributed by atoms with E-state index in [9.17, 15) is 33.6 Å². The fourth-order valence-corrected chi connectivity index (χ4v) is 5.62. The predicted molar refractivity (Wildman–Crippen MR) is 92.9 cm³/mol. The molecule has 0 aromatic carbocycles. The molecular formula is C9H17N2O14P3S. The topological polar surface area (TPSA) is 242 Å². The maximum absolute atomic E-state index is 11.9. The van der Waals surface area contributed by atoms with Gasteiger partial charge in [-0.25, -0.2) is 18.5 Å². The maximum Gasteiger partial charge on any atom is 0.490 e. The first kappa shape index (κ1) is 24.9. The summed E-state index contributed by atoms with van der Waals surface area (Å²) in [7, 11) is -16.7. The first-order chi connectivity index (χ1) is 13.1. The summed E-state index contributed by atoms with van der Waals surface area (Å²) >= 11 is 4.84. The summed E-state index contributed by atoms with van der Waals surface area (Å²) in [5.74, 6) is 0. The number of aliphatic hydroxyl groups is 2. The Morgan fingerprint density at radius 1 is 1.10 bits per heavy atom. The molecule has 2 aliphatic rings. The zero-order chi connectivity index (χ0) is 22.2. The Morgan fingerprint density at radius 2 is 1.72 bits per heavy atom. The highest BCUT2D eigenvalue weighted by Gasteiger charge is 2.49. The van der Waals surface area contributed by atoms with Gasteiger partial charge in [0.15, 0.2) is 6.23 Å². The van der Waals surface area contributed by atoms with Crippen LogP contribution in [0.15, 0.2) is 0 Å². The van der Waals surface area contributed by atoms with Crippen molar-refractivity contribution in [1.29, 1.82) is 0 Å². The molecule has 6 atom stereocenters. The first-order valence-electron chi connectivity index (χ1n) is 7.51. The third-order valence-electron chi connectivity index (χ3n) is 3.55. The van der Waals surface area contributed by atoms with Crippen LogP contribution < -0.4 is 5.32 Å². The third-order valence-corrected chi connectivity index (χ3v) is 7.66. The van der Waals surface area contributed by atoms with E-state index in [0.717, 1.165) is 4.90 Å². The molecule has 0 bridgehead atoms. The van der Waals surface area contributed by atoms with E-state index in [0.29, 0.717) is 0 Å².